The Labute approximate surface area is 196 Å². The number of aromatic amines is 1. The maximum absolute atomic E-state index is 12.7. The van der Waals surface area contributed by atoms with Crippen LogP contribution < -0.4 is 15.6 Å². The van der Waals surface area contributed by atoms with Crippen LogP contribution in [0.1, 0.15) is 25.7 Å². The van der Waals surface area contributed by atoms with Gasteiger partial charge in [0.15, 0.2) is 4.77 Å². The molecule has 168 valence electrons. The van der Waals surface area contributed by atoms with E-state index in [9.17, 15) is 9.59 Å². The summed E-state index contributed by atoms with van der Waals surface area (Å²) < 4.78 is 7.73. The SMILES string of the molecule is O=C(CCCCCn1c(=S)[nH]c2ccccc2c1=O)Nc1ccc(Oc2ccncc2)cc1. The summed E-state index contributed by atoms with van der Waals surface area (Å²) in [5.41, 5.74) is 1.39. The lowest BCUT2D eigenvalue weighted by Crippen LogP contribution is -2.22. The number of unbranched alkanes of at least 4 members (excludes halogenated alkanes) is 2. The number of carbonyl (C=O) groups excluding carboxylic acids is 1. The molecule has 0 unspecified atom stereocenters. The van der Waals surface area contributed by atoms with Crippen molar-refractivity contribution in [1.29, 1.82) is 0 Å². The van der Waals surface area contributed by atoms with Crippen molar-refractivity contribution in [3.05, 3.63) is 88.2 Å². The van der Waals surface area contributed by atoms with E-state index >= 15 is 0 Å². The molecule has 0 fully saturated rings. The predicted octanol–water partition coefficient (Wildman–Crippen LogP) is 5.45. The lowest BCUT2D eigenvalue weighted by atomic mass is 10.2. The number of ether oxygens (including phenoxy) is 1. The molecule has 2 aromatic heterocycles. The summed E-state index contributed by atoms with van der Waals surface area (Å²) >= 11 is 5.34. The number of hydrogen-bond acceptors (Lipinski definition) is 5. The Morgan fingerprint density at radius 3 is 2.48 bits per heavy atom. The molecule has 0 aliphatic heterocycles. The smallest absolute Gasteiger partial charge is 0.262 e. The Hall–Kier alpha value is -3.78. The number of anilines is 1. The largest absolute Gasteiger partial charge is 0.457 e. The molecule has 4 aromatic rings. The number of para-hydroxylation sites is 1. The number of H-pyrrole nitrogens is 1. The average Bonchev–Trinajstić information content (AvgIpc) is 2.82. The number of hydrogen-bond donors (Lipinski definition) is 2. The van der Waals surface area contributed by atoms with Crippen molar-refractivity contribution in [2.24, 2.45) is 0 Å². The van der Waals surface area contributed by atoms with Crippen molar-refractivity contribution in [3.8, 4) is 11.5 Å². The molecule has 33 heavy (non-hydrogen) atoms. The Balaban J connectivity index is 1.21. The average molecular weight is 461 g/mol. The first-order valence-electron chi connectivity index (χ1n) is 10.8. The molecule has 7 nitrogen and oxygen atoms in total. The minimum Gasteiger partial charge on any atom is -0.457 e. The Morgan fingerprint density at radius 1 is 0.970 bits per heavy atom. The summed E-state index contributed by atoms with van der Waals surface area (Å²) in [4.78, 5) is 32.0. The zero-order valence-electron chi connectivity index (χ0n) is 18.0. The maximum atomic E-state index is 12.7. The number of fused-ring (bicyclic) bond motifs is 1. The van der Waals surface area contributed by atoms with E-state index in [-0.39, 0.29) is 11.5 Å². The summed E-state index contributed by atoms with van der Waals surface area (Å²) in [5, 5.41) is 3.53. The number of rotatable bonds is 9. The zero-order chi connectivity index (χ0) is 23.0. The highest BCUT2D eigenvalue weighted by atomic mass is 32.1. The van der Waals surface area contributed by atoms with Crippen molar-refractivity contribution < 1.29 is 9.53 Å². The van der Waals surface area contributed by atoms with Gasteiger partial charge in [-0.1, -0.05) is 18.6 Å². The van der Waals surface area contributed by atoms with Crippen LogP contribution in [0.5, 0.6) is 11.5 Å². The van der Waals surface area contributed by atoms with Gasteiger partial charge in [-0.25, -0.2) is 0 Å². The number of nitrogens with one attached hydrogen (secondary N) is 2. The molecular weight excluding hydrogens is 436 g/mol. The zero-order valence-corrected chi connectivity index (χ0v) is 18.8. The fraction of sp³-hybridized carbons (Fsp3) is 0.200. The van der Waals surface area contributed by atoms with Gasteiger partial charge < -0.3 is 15.0 Å². The molecule has 8 heteroatoms. The standard InChI is InChI=1S/C25H24N4O3S/c30-23(27-18-9-11-19(12-10-18)32-20-13-15-26-16-14-20)8-2-1-5-17-29-24(31)21-6-3-4-7-22(21)28-25(29)33/h3-4,6-7,9-16H,1-2,5,8,17H2,(H,27,30)(H,28,33). The molecule has 0 aliphatic rings. The van der Waals surface area contributed by atoms with E-state index in [0.717, 1.165) is 30.5 Å². The Kier molecular flexibility index (Phi) is 7.26. The lowest BCUT2D eigenvalue weighted by Gasteiger charge is -2.09. The molecule has 0 spiro atoms. The third kappa shape index (κ3) is 5.93. The van der Waals surface area contributed by atoms with E-state index in [2.05, 4.69) is 15.3 Å². The highest BCUT2D eigenvalue weighted by Crippen LogP contribution is 2.22. The molecule has 1 amide bonds. The minimum absolute atomic E-state index is 0.0436. The van der Waals surface area contributed by atoms with Crippen molar-refractivity contribution in [3.63, 3.8) is 0 Å². The monoisotopic (exact) mass is 460 g/mol. The summed E-state index contributed by atoms with van der Waals surface area (Å²) in [5.74, 6) is 1.34. The summed E-state index contributed by atoms with van der Waals surface area (Å²) in [6.45, 7) is 0.527. The second-order valence-corrected chi connectivity index (χ2v) is 7.99. The number of nitrogens with zero attached hydrogens (tertiary/aromatic N) is 2. The Morgan fingerprint density at radius 2 is 1.70 bits per heavy atom. The van der Waals surface area contributed by atoms with Gasteiger partial charge in [0.1, 0.15) is 11.5 Å². The molecule has 2 heterocycles. The minimum atomic E-state index is -0.0801. The normalized spacial score (nSPS) is 10.8. The van der Waals surface area contributed by atoms with Gasteiger partial charge in [-0.15, -0.1) is 0 Å². The maximum Gasteiger partial charge on any atom is 0.262 e. The van der Waals surface area contributed by atoms with Gasteiger partial charge in [-0.05, 0) is 73.6 Å². The van der Waals surface area contributed by atoms with Gasteiger partial charge in [-0.3, -0.25) is 19.1 Å². The van der Waals surface area contributed by atoms with E-state index in [1.54, 1.807) is 47.3 Å². The van der Waals surface area contributed by atoms with E-state index in [1.807, 2.05) is 30.3 Å². The van der Waals surface area contributed by atoms with Crippen molar-refractivity contribution in [1.82, 2.24) is 14.5 Å². The second-order valence-electron chi connectivity index (χ2n) is 7.60. The summed E-state index contributed by atoms with van der Waals surface area (Å²) in [6.07, 6.45) is 6.06. The van der Waals surface area contributed by atoms with Gasteiger partial charge >= 0.3 is 0 Å². The number of aromatic nitrogens is 3. The molecule has 0 aliphatic carbocycles. The molecule has 2 aromatic carbocycles. The van der Waals surface area contributed by atoms with Gasteiger partial charge in [0.25, 0.3) is 5.56 Å². The molecular formula is C25H24N4O3S. The van der Waals surface area contributed by atoms with Crippen molar-refractivity contribution in [2.75, 3.05) is 5.32 Å². The van der Waals surface area contributed by atoms with Crippen molar-refractivity contribution in [2.45, 2.75) is 32.2 Å². The van der Waals surface area contributed by atoms with Crippen LogP contribution in [-0.4, -0.2) is 20.4 Å². The van der Waals surface area contributed by atoms with Crippen LogP contribution in [0.25, 0.3) is 10.9 Å². The Bertz CT molecular complexity index is 1350. The first kappa shape index (κ1) is 22.4. The van der Waals surface area contributed by atoms with E-state index in [1.165, 1.54) is 0 Å². The molecule has 0 bridgehead atoms. The fourth-order valence-electron chi connectivity index (χ4n) is 3.51. The van der Waals surface area contributed by atoms with Crippen LogP contribution in [0.4, 0.5) is 5.69 Å². The third-order valence-electron chi connectivity index (χ3n) is 5.20. The number of carbonyl (C=O) groups is 1. The second kappa shape index (κ2) is 10.7. The van der Waals surface area contributed by atoms with Crippen LogP contribution in [0, 0.1) is 4.77 Å². The molecule has 0 radical (unpaired) electrons. The number of pyridine rings is 1. The summed E-state index contributed by atoms with van der Waals surface area (Å²) in [6, 6.07) is 18.1. The van der Waals surface area contributed by atoms with E-state index in [0.29, 0.717) is 34.6 Å². The van der Waals surface area contributed by atoms with Crippen LogP contribution in [0.3, 0.4) is 0 Å². The highest BCUT2D eigenvalue weighted by molar-refractivity contribution is 7.71. The molecule has 2 N–H and O–H groups in total. The number of benzene rings is 2. The van der Waals surface area contributed by atoms with E-state index < -0.39 is 0 Å². The quantitative estimate of drug-likeness (QED) is 0.256. The topological polar surface area (TPSA) is 89.0 Å². The molecule has 0 saturated carbocycles. The van der Waals surface area contributed by atoms with Gasteiger partial charge in [-0.2, -0.15) is 0 Å². The van der Waals surface area contributed by atoms with Crippen LogP contribution in [0.2, 0.25) is 0 Å². The lowest BCUT2D eigenvalue weighted by molar-refractivity contribution is -0.116. The fourth-order valence-corrected chi connectivity index (χ4v) is 3.79. The van der Waals surface area contributed by atoms with Gasteiger partial charge in [0.2, 0.25) is 5.91 Å². The van der Waals surface area contributed by atoms with Crippen LogP contribution >= 0.6 is 12.2 Å². The van der Waals surface area contributed by atoms with Crippen molar-refractivity contribution >= 4 is 34.7 Å². The summed E-state index contributed by atoms with van der Waals surface area (Å²) in [7, 11) is 0. The third-order valence-corrected chi connectivity index (χ3v) is 5.52. The molecule has 4 rings (SSSR count). The van der Waals surface area contributed by atoms with Crippen LogP contribution in [-0.2, 0) is 11.3 Å². The first-order valence-corrected chi connectivity index (χ1v) is 11.2. The predicted molar refractivity (Wildman–Crippen MR) is 131 cm³/mol. The number of amides is 1. The van der Waals surface area contributed by atoms with Gasteiger partial charge in [0.05, 0.1) is 10.9 Å². The van der Waals surface area contributed by atoms with Crippen LogP contribution in [0.15, 0.2) is 77.9 Å². The van der Waals surface area contributed by atoms with Gasteiger partial charge in [0, 0.05) is 31.0 Å². The van der Waals surface area contributed by atoms with E-state index in [4.69, 9.17) is 17.0 Å². The molecule has 0 atom stereocenters. The highest BCUT2D eigenvalue weighted by Gasteiger charge is 2.06. The molecule has 0 saturated heterocycles. The first-order chi connectivity index (χ1) is 16.1.